The number of ketones is 1. The van der Waals surface area contributed by atoms with E-state index in [0.717, 1.165) is 43.0 Å². The third-order valence-corrected chi connectivity index (χ3v) is 6.00. The molecule has 156 valence electrons. The van der Waals surface area contributed by atoms with Crippen molar-refractivity contribution in [1.82, 2.24) is 14.7 Å². The zero-order chi connectivity index (χ0) is 21.3. The highest BCUT2D eigenvalue weighted by molar-refractivity contribution is 7.71. The van der Waals surface area contributed by atoms with Crippen molar-refractivity contribution in [2.24, 2.45) is 0 Å². The Kier molecular flexibility index (Phi) is 5.83. The zero-order valence-corrected chi connectivity index (χ0v) is 18.4. The quantitative estimate of drug-likeness (QED) is 0.447. The van der Waals surface area contributed by atoms with E-state index in [1.54, 1.807) is 11.6 Å². The summed E-state index contributed by atoms with van der Waals surface area (Å²) in [6, 6.07) is 14.0. The molecule has 0 N–H and O–H groups in total. The lowest BCUT2D eigenvalue weighted by Crippen LogP contribution is -2.46. The molecule has 1 saturated heterocycles. The van der Waals surface area contributed by atoms with Gasteiger partial charge in [0.2, 0.25) is 5.89 Å². The number of rotatable bonds is 5. The van der Waals surface area contributed by atoms with E-state index in [-0.39, 0.29) is 5.78 Å². The maximum atomic E-state index is 11.5. The van der Waals surface area contributed by atoms with E-state index in [2.05, 4.69) is 40.9 Å². The van der Waals surface area contributed by atoms with E-state index in [1.165, 1.54) is 11.1 Å². The second-order valence-electron chi connectivity index (χ2n) is 7.82. The van der Waals surface area contributed by atoms with Crippen LogP contribution in [0.15, 0.2) is 46.9 Å². The van der Waals surface area contributed by atoms with E-state index in [9.17, 15) is 4.79 Å². The fourth-order valence-corrected chi connectivity index (χ4v) is 3.81. The average molecular weight is 423 g/mol. The van der Waals surface area contributed by atoms with Gasteiger partial charge in [-0.25, -0.2) is 4.68 Å². The number of nitrogens with zero attached hydrogens (tertiary/aromatic N) is 4. The van der Waals surface area contributed by atoms with Crippen LogP contribution in [0.4, 0.5) is 5.69 Å². The van der Waals surface area contributed by atoms with Gasteiger partial charge in [0.1, 0.15) is 0 Å². The fraction of sp³-hybridized carbons (Fsp3) is 0.348. The summed E-state index contributed by atoms with van der Waals surface area (Å²) in [6.07, 6.45) is 0. The molecule has 1 aromatic heterocycles. The number of benzene rings is 2. The van der Waals surface area contributed by atoms with Gasteiger partial charge >= 0.3 is 0 Å². The molecule has 0 aliphatic carbocycles. The van der Waals surface area contributed by atoms with Crippen LogP contribution in [0, 0.1) is 18.7 Å². The first-order valence-corrected chi connectivity index (χ1v) is 10.6. The Bertz CT molecular complexity index is 1110. The van der Waals surface area contributed by atoms with Gasteiger partial charge in [-0.15, -0.1) is 5.10 Å². The molecule has 1 aliphatic rings. The second kappa shape index (κ2) is 8.53. The van der Waals surface area contributed by atoms with Crippen molar-refractivity contribution in [2.75, 3.05) is 31.1 Å². The summed E-state index contributed by atoms with van der Waals surface area (Å²) in [5, 5.41) is 4.61. The first-order valence-electron chi connectivity index (χ1n) is 10.1. The summed E-state index contributed by atoms with van der Waals surface area (Å²) in [7, 11) is 0. The number of carbonyl (C=O) groups is 1. The zero-order valence-electron chi connectivity index (χ0n) is 17.6. The number of piperazine rings is 1. The van der Waals surface area contributed by atoms with Crippen molar-refractivity contribution in [2.45, 2.75) is 27.4 Å². The molecule has 0 radical (unpaired) electrons. The van der Waals surface area contributed by atoms with Gasteiger partial charge in [-0.1, -0.05) is 6.07 Å². The van der Waals surface area contributed by atoms with Crippen LogP contribution >= 0.6 is 12.2 Å². The molecule has 0 bridgehead atoms. The van der Waals surface area contributed by atoms with Crippen LogP contribution in [0.25, 0.3) is 11.5 Å². The third kappa shape index (κ3) is 4.37. The molecule has 3 aromatic rings. The van der Waals surface area contributed by atoms with Crippen molar-refractivity contribution in [1.29, 1.82) is 0 Å². The monoisotopic (exact) mass is 422 g/mol. The predicted octanol–water partition coefficient (Wildman–Crippen LogP) is 4.47. The Morgan fingerprint density at radius 3 is 2.37 bits per heavy atom. The lowest BCUT2D eigenvalue weighted by molar-refractivity contribution is 0.101. The molecule has 6 nitrogen and oxygen atoms in total. The predicted molar refractivity (Wildman–Crippen MR) is 120 cm³/mol. The maximum absolute atomic E-state index is 11.5. The maximum Gasteiger partial charge on any atom is 0.288 e. The van der Waals surface area contributed by atoms with Crippen LogP contribution < -0.4 is 4.90 Å². The van der Waals surface area contributed by atoms with Crippen LogP contribution in [0.5, 0.6) is 0 Å². The smallest absolute Gasteiger partial charge is 0.288 e. The van der Waals surface area contributed by atoms with E-state index in [0.29, 0.717) is 17.4 Å². The summed E-state index contributed by atoms with van der Waals surface area (Å²) >= 11 is 5.40. The largest absolute Gasteiger partial charge is 0.409 e. The average Bonchev–Trinajstić information content (AvgIpc) is 3.11. The number of hydrogen-bond acceptors (Lipinski definition) is 6. The Hall–Kier alpha value is -2.77. The van der Waals surface area contributed by atoms with Crippen LogP contribution in [-0.2, 0) is 6.67 Å². The highest BCUT2D eigenvalue weighted by Crippen LogP contribution is 2.22. The van der Waals surface area contributed by atoms with Crippen LogP contribution in [-0.4, -0.2) is 46.6 Å². The molecule has 0 amide bonds. The molecule has 2 heterocycles. The van der Waals surface area contributed by atoms with Gasteiger partial charge in [-0.3, -0.25) is 9.69 Å². The number of aromatic nitrogens is 2. The minimum Gasteiger partial charge on any atom is -0.409 e. The summed E-state index contributed by atoms with van der Waals surface area (Å²) in [5.74, 6) is 0.656. The Labute approximate surface area is 181 Å². The number of anilines is 1. The van der Waals surface area contributed by atoms with Crippen molar-refractivity contribution in [3.63, 3.8) is 0 Å². The van der Waals surface area contributed by atoms with Crippen LogP contribution in [0.2, 0.25) is 0 Å². The standard InChI is InChI=1S/C23H26N4O2S/c1-16-4-5-20(14-17(16)2)22-24-27(23(30)29-22)15-25-10-12-26(13-11-25)21-8-6-19(7-9-21)18(3)28/h4-9,14H,10-13,15H2,1-3H3. The summed E-state index contributed by atoms with van der Waals surface area (Å²) in [6.45, 7) is 10.0. The number of hydrogen-bond donors (Lipinski definition) is 0. The van der Waals surface area contributed by atoms with Crippen molar-refractivity contribution < 1.29 is 9.21 Å². The van der Waals surface area contributed by atoms with Gasteiger partial charge in [0.25, 0.3) is 4.84 Å². The molecule has 1 aliphatic heterocycles. The molecule has 0 unspecified atom stereocenters. The van der Waals surface area contributed by atoms with Crippen molar-refractivity contribution >= 4 is 23.7 Å². The molecule has 7 heteroatoms. The van der Waals surface area contributed by atoms with Gasteiger partial charge in [0, 0.05) is 43.0 Å². The molecule has 0 atom stereocenters. The van der Waals surface area contributed by atoms with Crippen molar-refractivity contribution in [3.05, 3.63) is 64.0 Å². The Morgan fingerprint density at radius 2 is 1.73 bits per heavy atom. The lowest BCUT2D eigenvalue weighted by Gasteiger charge is -2.35. The Morgan fingerprint density at radius 1 is 1.03 bits per heavy atom. The number of carbonyl (C=O) groups excluding carboxylic acids is 1. The highest BCUT2D eigenvalue weighted by Gasteiger charge is 2.19. The summed E-state index contributed by atoms with van der Waals surface area (Å²) in [4.78, 5) is 16.5. The number of Topliss-reactive ketones (excluding diaryl/α,β-unsaturated/α-hetero) is 1. The third-order valence-electron chi connectivity index (χ3n) is 5.71. The normalized spacial score (nSPS) is 14.8. The molecule has 1 fully saturated rings. The highest BCUT2D eigenvalue weighted by atomic mass is 32.1. The minimum atomic E-state index is 0.0934. The van der Waals surface area contributed by atoms with Gasteiger partial charge in [0.05, 0.1) is 6.67 Å². The van der Waals surface area contributed by atoms with Gasteiger partial charge in [-0.05, 0) is 80.5 Å². The molecule has 30 heavy (non-hydrogen) atoms. The lowest BCUT2D eigenvalue weighted by atomic mass is 10.1. The molecule has 0 spiro atoms. The summed E-state index contributed by atoms with van der Waals surface area (Å²) < 4.78 is 7.52. The first kappa shape index (κ1) is 20.5. The number of aryl methyl sites for hydroxylation is 2. The summed E-state index contributed by atoms with van der Waals surface area (Å²) in [5.41, 5.74) is 5.29. The van der Waals surface area contributed by atoms with E-state index >= 15 is 0 Å². The molecular weight excluding hydrogens is 396 g/mol. The second-order valence-corrected chi connectivity index (χ2v) is 8.17. The minimum absolute atomic E-state index is 0.0934. The first-order chi connectivity index (χ1) is 14.4. The van der Waals surface area contributed by atoms with E-state index < -0.39 is 0 Å². The topological polar surface area (TPSA) is 54.5 Å². The van der Waals surface area contributed by atoms with Gasteiger partial charge < -0.3 is 9.32 Å². The van der Waals surface area contributed by atoms with Crippen LogP contribution in [0.3, 0.4) is 0 Å². The van der Waals surface area contributed by atoms with Crippen LogP contribution in [0.1, 0.15) is 28.4 Å². The molecular formula is C23H26N4O2S. The van der Waals surface area contributed by atoms with Gasteiger partial charge in [0.15, 0.2) is 5.78 Å². The molecule has 0 saturated carbocycles. The molecule has 2 aromatic carbocycles. The molecule has 4 rings (SSSR count). The van der Waals surface area contributed by atoms with E-state index in [4.69, 9.17) is 16.6 Å². The van der Waals surface area contributed by atoms with Crippen molar-refractivity contribution in [3.8, 4) is 11.5 Å². The Balaban J connectivity index is 1.39. The van der Waals surface area contributed by atoms with Gasteiger partial charge in [-0.2, -0.15) is 0 Å². The van der Waals surface area contributed by atoms with E-state index in [1.807, 2.05) is 30.3 Å². The fourth-order valence-electron chi connectivity index (χ4n) is 3.63. The SMILES string of the molecule is CC(=O)c1ccc(N2CCN(Cn3nc(-c4ccc(C)c(C)c4)oc3=S)CC2)cc1.